The normalized spacial score (nSPS) is 13.1. The van der Waals surface area contributed by atoms with Gasteiger partial charge in [0.15, 0.2) is 0 Å². The molecular weight excluding hydrogens is 338 g/mol. The standard InChI is InChI=1S/C19H35NO6/c1-5-18(23)25-15(4)26-19(24)20-13-7-10-16(11-12-17(21)22)9-6-8-14(2)3/h14-16H,5-13H2,1-4H3,(H,20,24)(H,21,22)/t15-,16-/m0/s1. The van der Waals surface area contributed by atoms with Gasteiger partial charge in [-0.1, -0.05) is 40.0 Å². The van der Waals surface area contributed by atoms with Gasteiger partial charge in [0.1, 0.15) is 0 Å². The van der Waals surface area contributed by atoms with E-state index in [9.17, 15) is 14.4 Å². The second kappa shape index (κ2) is 14.4. The lowest BCUT2D eigenvalue weighted by molar-refractivity contribution is -0.164. The van der Waals surface area contributed by atoms with Crippen LogP contribution in [0.15, 0.2) is 0 Å². The number of esters is 1. The van der Waals surface area contributed by atoms with Crippen molar-refractivity contribution in [2.45, 2.75) is 85.4 Å². The molecule has 0 unspecified atom stereocenters. The first-order chi connectivity index (χ1) is 12.2. The summed E-state index contributed by atoms with van der Waals surface area (Å²) in [6.45, 7) is 7.96. The Morgan fingerprint density at radius 2 is 1.62 bits per heavy atom. The minimum absolute atomic E-state index is 0.183. The van der Waals surface area contributed by atoms with E-state index in [-0.39, 0.29) is 12.8 Å². The zero-order chi connectivity index (χ0) is 19.9. The lowest BCUT2D eigenvalue weighted by Crippen LogP contribution is -2.30. The number of alkyl carbamates (subject to hydrolysis) is 1. The van der Waals surface area contributed by atoms with Crippen molar-refractivity contribution in [3.63, 3.8) is 0 Å². The summed E-state index contributed by atoms with van der Waals surface area (Å²) in [5.41, 5.74) is 0. The van der Waals surface area contributed by atoms with Gasteiger partial charge in [-0.2, -0.15) is 0 Å². The molecule has 2 N–H and O–H groups in total. The Bertz CT molecular complexity index is 424. The predicted molar refractivity (Wildman–Crippen MR) is 98.6 cm³/mol. The van der Waals surface area contributed by atoms with E-state index in [1.165, 1.54) is 6.92 Å². The molecule has 0 aliphatic carbocycles. The zero-order valence-corrected chi connectivity index (χ0v) is 16.6. The molecule has 0 radical (unpaired) electrons. The molecule has 0 saturated heterocycles. The quantitative estimate of drug-likeness (QED) is 0.270. The van der Waals surface area contributed by atoms with Crippen molar-refractivity contribution in [1.29, 1.82) is 0 Å². The van der Waals surface area contributed by atoms with Crippen molar-refractivity contribution in [3.8, 4) is 0 Å². The number of carbonyl (C=O) groups excluding carboxylic acids is 2. The third kappa shape index (κ3) is 14.5. The van der Waals surface area contributed by atoms with Gasteiger partial charge in [0.05, 0.1) is 0 Å². The number of nitrogens with one attached hydrogen (secondary N) is 1. The SMILES string of the molecule is CCC(=O)O[C@H](C)OC(=O)NCCC[C@H](CCCC(C)C)CCC(=O)O. The Morgan fingerprint density at radius 3 is 2.19 bits per heavy atom. The second-order valence-electron chi connectivity index (χ2n) is 7.01. The summed E-state index contributed by atoms with van der Waals surface area (Å²) in [6, 6.07) is 0. The van der Waals surface area contributed by atoms with E-state index in [0.29, 0.717) is 24.8 Å². The van der Waals surface area contributed by atoms with E-state index in [2.05, 4.69) is 19.2 Å². The predicted octanol–water partition coefficient (Wildman–Crippen LogP) is 4.10. The van der Waals surface area contributed by atoms with Crippen LogP contribution in [0.3, 0.4) is 0 Å². The summed E-state index contributed by atoms with van der Waals surface area (Å²) >= 11 is 0. The highest BCUT2D eigenvalue weighted by Gasteiger charge is 2.14. The molecule has 2 atom stereocenters. The number of aliphatic carboxylic acids is 1. The molecular formula is C19H35NO6. The molecule has 152 valence electrons. The van der Waals surface area contributed by atoms with Gasteiger partial charge in [0.25, 0.3) is 0 Å². The second-order valence-corrected chi connectivity index (χ2v) is 7.01. The summed E-state index contributed by atoms with van der Waals surface area (Å²) in [6.07, 6.45) is 4.41. The van der Waals surface area contributed by atoms with E-state index in [1.54, 1.807) is 6.92 Å². The van der Waals surface area contributed by atoms with Crippen LogP contribution >= 0.6 is 0 Å². The van der Waals surface area contributed by atoms with Crippen LogP contribution in [-0.4, -0.2) is 36.0 Å². The van der Waals surface area contributed by atoms with Crippen LogP contribution < -0.4 is 5.32 Å². The Morgan fingerprint density at radius 1 is 0.962 bits per heavy atom. The third-order valence-corrected chi connectivity index (χ3v) is 4.08. The van der Waals surface area contributed by atoms with E-state index in [1.807, 2.05) is 0 Å². The lowest BCUT2D eigenvalue weighted by atomic mass is 9.90. The van der Waals surface area contributed by atoms with Crippen molar-refractivity contribution in [2.24, 2.45) is 11.8 Å². The maximum Gasteiger partial charge on any atom is 0.410 e. The van der Waals surface area contributed by atoms with Crippen molar-refractivity contribution >= 4 is 18.0 Å². The molecule has 0 fully saturated rings. The van der Waals surface area contributed by atoms with Crippen LogP contribution in [0.25, 0.3) is 0 Å². The van der Waals surface area contributed by atoms with Crippen LogP contribution in [-0.2, 0) is 19.1 Å². The molecule has 0 spiro atoms. The molecule has 0 aromatic carbocycles. The van der Waals surface area contributed by atoms with Crippen LogP contribution in [0, 0.1) is 11.8 Å². The van der Waals surface area contributed by atoms with Crippen molar-refractivity contribution in [1.82, 2.24) is 5.32 Å². The summed E-state index contributed by atoms with van der Waals surface area (Å²) in [4.78, 5) is 33.5. The summed E-state index contributed by atoms with van der Waals surface area (Å²) in [5, 5.41) is 11.5. The van der Waals surface area contributed by atoms with E-state index < -0.39 is 24.3 Å². The molecule has 0 heterocycles. The molecule has 0 saturated carbocycles. The zero-order valence-electron chi connectivity index (χ0n) is 16.6. The average molecular weight is 373 g/mol. The number of amides is 1. The highest BCUT2D eigenvalue weighted by Crippen LogP contribution is 2.21. The summed E-state index contributed by atoms with van der Waals surface area (Å²) < 4.78 is 9.78. The van der Waals surface area contributed by atoms with Gasteiger partial charge in [0.2, 0.25) is 6.29 Å². The molecule has 7 nitrogen and oxygen atoms in total. The molecule has 0 aliphatic rings. The third-order valence-electron chi connectivity index (χ3n) is 4.08. The number of hydrogen-bond donors (Lipinski definition) is 2. The Balaban J connectivity index is 4.04. The van der Waals surface area contributed by atoms with Gasteiger partial charge in [-0.15, -0.1) is 0 Å². The number of carboxylic acids is 1. The van der Waals surface area contributed by atoms with E-state index in [0.717, 1.165) is 32.1 Å². The number of ether oxygens (including phenoxy) is 2. The van der Waals surface area contributed by atoms with Crippen LogP contribution in [0.5, 0.6) is 0 Å². The first-order valence-corrected chi connectivity index (χ1v) is 9.60. The van der Waals surface area contributed by atoms with E-state index in [4.69, 9.17) is 14.6 Å². The topological polar surface area (TPSA) is 102 Å². The molecule has 1 amide bonds. The summed E-state index contributed by atoms with van der Waals surface area (Å²) in [5.74, 6) is -0.188. The van der Waals surface area contributed by atoms with Crippen LogP contribution in [0.1, 0.15) is 79.1 Å². The van der Waals surface area contributed by atoms with Gasteiger partial charge in [0, 0.05) is 26.3 Å². The van der Waals surface area contributed by atoms with Gasteiger partial charge in [-0.05, 0) is 31.1 Å². The fourth-order valence-electron chi connectivity index (χ4n) is 2.64. The highest BCUT2D eigenvalue weighted by molar-refractivity contribution is 5.70. The van der Waals surface area contributed by atoms with Crippen LogP contribution in [0.4, 0.5) is 4.79 Å². The molecule has 0 rings (SSSR count). The molecule has 0 aromatic heterocycles. The number of rotatable bonds is 14. The Hall–Kier alpha value is -1.79. The largest absolute Gasteiger partial charge is 0.481 e. The molecule has 26 heavy (non-hydrogen) atoms. The van der Waals surface area contributed by atoms with Gasteiger partial charge < -0.3 is 19.9 Å². The van der Waals surface area contributed by atoms with Gasteiger partial charge in [-0.25, -0.2) is 4.79 Å². The monoisotopic (exact) mass is 373 g/mol. The molecule has 7 heteroatoms. The first-order valence-electron chi connectivity index (χ1n) is 9.60. The fourth-order valence-corrected chi connectivity index (χ4v) is 2.64. The minimum atomic E-state index is -0.915. The first kappa shape index (κ1) is 24.2. The number of hydrogen-bond acceptors (Lipinski definition) is 5. The highest BCUT2D eigenvalue weighted by atomic mass is 16.7. The number of carboxylic acid groups (broad SMARTS) is 1. The smallest absolute Gasteiger partial charge is 0.410 e. The van der Waals surface area contributed by atoms with Crippen LogP contribution in [0.2, 0.25) is 0 Å². The van der Waals surface area contributed by atoms with Crippen molar-refractivity contribution < 1.29 is 29.0 Å². The number of carbonyl (C=O) groups is 3. The Labute approximate surface area is 156 Å². The fraction of sp³-hybridized carbons (Fsp3) is 0.842. The maximum absolute atomic E-state index is 11.6. The summed E-state index contributed by atoms with van der Waals surface area (Å²) in [7, 11) is 0. The van der Waals surface area contributed by atoms with Crippen molar-refractivity contribution in [2.75, 3.05) is 6.54 Å². The van der Waals surface area contributed by atoms with Gasteiger partial charge >= 0.3 is 18.0 Å². The minimum Gasteiger partial charge on any atom is -0.481 e. The maximum atomic E-state index is 11.6. The lowest BCUT2D eigenvalue weighted by Gasteiger charge is -2.17. The molecule has 0 aliphatic heterocycles. The Kier molecular flexibility index (Phi) is 13.4. The van der Waals surface area contributed by atoms with Crippen molar-refractivity contribution in [3.05, 3.63) is 0 Å². The van der Waals surface area contributed by atoms with Gasteiger partial charge in [-0.3, -0.25) is 9.59 Å². The average Bonchev–Trinajstić information content (AvgIpc) is 2.54. The molecule has 0 aromatic rings. The molecule has 0 bridgehead atoms. The van der Waals surface area contributed by atoms with E-state index >= 15 is 0 Å².